The van der Waals surface area contributed by atoms with E-state index >= 15 is 0 Å². The number of H-pyrrole nitrogens is 1. The zero-order chi connectivity index (χ0) is 18.6. The minimum Gasteiger partial charge on any atom is -0.490 e. The molecule has 3 aromatic rings. The molecule has 0 atom stereocenters. The van der Waals surface area contributed by atoms with Gasteiger partial charge in [0.2, 0.25) is 0 Å². The van der Waals surface area contributed by atoms with Crippen LogP contribution in [-0.2, 0) is 0 Å². The number of hydrogen-bond acceptors (Lipinski definition) is 3. The number of nitrogens with one attached hydrogen (secondary N) is 1. The SMILES string of the molecule is Cc1cccc(OC2CCN(C(=O)c3ccc(-c4ccn[nH]4)cc3)CC2)c1. The molecule has 138 valence electrons. The second-order valence-electron chi connectivity index (χ2n) is 6.97. The van der Waals surface area contributed by atoms with Gasteiger partial charge in [-0.3, -0.25) is 9.89 Å². The van der Waals surface area contributed by atoms with Crippen molar-refractivity contribution >= 4 is 5.91 Å². The smallest absolute Gasteiger partial charge is 0.253 e. The third-order valence-electron chi connectivity index (χ3n) is 4.97. The van der Waals surface area contributed by atoms with Gasteiger partial charge >= 0.3 is 0 Å². The third-order valence-corrected chi connectivity index (χ3v) is 4.97. The van der Waals surface area contributed by atoms with Gasteiger partial charge in [-0.05, 0) is 48.4 Å². The summed E-state index contributed by atoms with van der Waals surface area (Å²) in [6, 6.07) is 17.7. The zero-order valence-corrected chi connectivity index (χ0v) is 15.4. The van der Waals surface area contributed by atoms with Gasteiger partial charge in [0, 0.05) is 37.7 Å². The van der Waals surface area contributed by atoms with Crippen LogP contribution in [0.3, 0.4) is 0 Å². The van der Waals surface area contributed by atoms with Crippen LogP contribution in [0.15, 0.2) is 60.8 Å². The van der Waals surface area contributed by atoms with Crippen LogP contribution in [0.25, 0.3) is 11.3 Å². The molecule has 4 rings (SSSR count). The first kappa shape index (κ1) is 17.3. The second kappa shape index (κ2) is 7.66. The first-order valence-corrected chi connectivity index (χ1v) is 9.31. The highest BCUT2D eigenvalue weighted by Crippen LogP contribution is 2.22. The van der Waals surface area contributed by atoms with E-state index in [1.807, 2.05) is 47.4 Å². The molecule has 1 aliphatic heterocycles. The molecule has 0 bridgehead atoms. The van der Waals surface area contributed by atoms with E-state index in [1.54, 1.807) is 6.20 Å². The van der Waals surface area contributed by atoms with Crippen LogP contribution in [0.5, 0.6) is 5.75 Å². The van der Waals surface area contributed by atoms with Crippen LogP contribution in [0.4, 0.5) is 0 Å². The number of aryl methyl sites for hydroxylation is 1. The zero-order valence-electron chi connectivity index (χ0n) is 15.4. The molecule has 1 saturated heterocycles. The Morgan fingerprint density at radius 3 is 2.56 bits per heavy atom. The Balaban J connectivity index is 1.34. The van der Waals surface area contributed by atoms with E-state index in [1.165, 1.54) is 5.56 Å². The molecule has 0 spiro atoms. The number of benzene rings is 2. The van der Waals surface area contributed by atoms with Gasteiger partial charge in [0.05, 0.1) is 5.69 Å². The number of rotatable bonds is 4. The number of ether oxygens (including phenoxy) is 1. The lowest BCUT2D eigenvalue weighted by Crippen LogP contribution is -2.41. The maximum Gasteiger partial charge on any atom is 0.253 e. The lowest BCUT2D eigenvalue weighted by molar-refractivity contribution is 0.0595. The van der Waals surface area contributed by atoms with Crippen molar-refractivity contribution in [1.82, 2.24) is 15.1 Å². The molecule has 1 aromatic heterocycles. The third kappa shape index (κ3) is 4.03. The Labute approximate surface area is 159 Å². The number of piperidine rings is 1. The fourth-order valence-electron chi connectivity index (χ4n) is 3.45. The molecule has 1 aliphatic rings. The predicted octanol–water partition coefficient (Wildman–Crippen LogP) is 4.07. The first-order chi connectivity index (χ1) is 13.2. The van der Waals surface area contributed by atoms with E-state index in [-0.39, 0.29) is 12.0 Å². The molecule has 0 radical (unpaired) electrons. The van der Waals surface area contributed by atoms with E-state index in [9.17, 15) is 4.79 Å². The fourth-order valence-corrected chi connectivity index (χ4v) is 3.45. The Morgan fingerprint density at radius 2 is 1.89 bits per heavy atom. The molecule has 5 heteroatoms. The van der Waals surface area contributed by atoms with Gasteiger partial charge < -0.3 is 9.64 Å². The van der Waals surface area contributed by atoms with Crippen molar-refractivity contribution in [3.05, 3.63) is 71.9 Å². The van der Waals surface area contributed by atoms with Crippen molar-refractivity contribution in [2.45, 2.75) is 25.9 Å². The molecule has 1 N–H and O–H groups in total. The number of carbonyl (C=O) groups is 1. The number of carbonyl (C=O) groups excluding carboxylic acids is 1. The van der Waals surface area contributed by atoms with Crippen molar-refractivity contribution in [3.8, 4) is 17.0 Å². The van der Waals surface area contributed by atoms with Crippen molar-refractivity contribution in [3.63, 3.8) is 0 Å². The lowest BCUT2D eigenvalue weighted by atomic mass is 10.0. The van der Waals surface area contributed by atoms with E-state index in [2.05, 4.69) is 29.3 Å². The van der Waals surface area contributed by atoms with E-state index in [0.29, 0.717) is 0 Å². The molecule has 1 fully saturated rings. The lowest BCUT2D eigenvalue weighted by Gasteiger charge is -2.32. The molecule has 2 aromatic carbocycles. The van der Waals surface area contributed by atoms with Gasteiger partial charge in [-0.1, -0.05) is 24.3 Å². The normalized spacial score (nSPS) is 14.9. The minimum atomic E-state index is 0.0835. The van der Waals surface area contributed by atoms with Crippen LogP contribution in [-0.4, -0.2) is 40.2 Å². The summed E-state index contributed by atoms with van der Waals surface area (Å²) in [7, 11) is 0. The summed E-state index contributed by atoms with van der Waals surface area (Å²) in [5.74, 6) is 0.995. The molecule has 27 heavy (non-hydrogen) atoms. The highest BCUT2D eigenvalue weighted by Gasteiger charge is 2.24. The molecule has 2 heterocycles. The Hall–Kier alpha value is -3.08. The molecule has 0 aliphatic carbocycles. The summed E-state index contributed by atoms with van der Waals surface area (Å²) in [6.07, 6.45) is 3.59. The maximum absolute atomic E-state index is 12.8. The summed E-state index contributed by atoms with van der Waals surface area (Å²) >= 11 is 0. The number of aromatic amines is 1. The molecular formula is C22H23N3O2. The quantitative estimate of drug-likeness (QED) is 0.762. The molecule has 0 saturated carbocycles. The van der Waals surface area contributed by atoms with E-state index in [4.69, 9.17) is 4.74 Å². The number of amides is 1. The second-order valence-corrected chi connectivity index (χ2v) is 6.97. The molecule has 0 unspecified atom stereocenters. The summed E-state index contributed by atoms with van der Waals surface area (Å²) in [6.45, 7) is 3.50. The summed E-state index contributed by atoms with van der Waals surface area (Å²) < 4.78 is 6.08. The Bertz CT molecular complexity index is 896. The Morgan fingerprint density at radius 1 is 1.11 bits per heavy atom. The van der Waals surface area contributed by atoms with Crippen molar-refractivity contribution < 1.29 is 9.53 Å². The van der Waals surface area contributed by atoms with E-state index < -0.39 is 0 Å². The van der Waals surface area contributed by atoms with Crippen LogP contribution < -0.4 is 4.74 Å². The summed E-state index contributed by atoms with van der Waals surface area (Å²) in [4.78, 5) is 14.7. The topological polar surface area (TPSA) is 58.2 Å². The van der Waals surface area contributed by atoms with Crippen LogP contribution >= 0.6 is 0 Å². The van der Waals surface area contributed by atoms with Crippen molar-refractivity contribution in [1.29, 1.82) is 0 Å². The average molecular weight is 361 g/mol. The minimum absolute atomic E-state index is 0.0835. The number of aromatic nitrogens is 2. The van der Waals surface area contributed by atoms with E-state index in [0.717, 1.165) is 48.5 Å². The van der Waals surface area contributed by atoms with Gasteiger partial charge in [0.1, 0.15) is 11.9 Å². The van der Waals surface area contributed by atoms with Crippen LogP contribution in [0.2, 0.25) is 0 Å². The highest BCUT2D eigenvalue weighted by atomic mass is 16.5. The monoisotopic (exact) mass is 361 g/mol. The number of hydrogen-bond donors (Lipinski definition) is 1. The standard InChI is InChI=1S/C22H23N3O2/c1-16-3-2-4-20(15-16)27-19-10-13-25(14-11-19)22(26)18-7-5-17(6-8-18)21-9-12-23-24-21/h2-9,12,15,19H,10-11,13-14H2,1H3,(H,23,24). The maximum atomic E-state index is 12.8. The molecular weight excluding hydrogens is 338 g/mol. The largest absolute Gasteiger partial charge is 0.490 e. The van der Waals surface area contributed by atoms with Gasteiger partial charge in [-0.2, -0.15) is 5.10 Å². The number of nitrogens with zero attached hydrogens (tertiary/aromatic N) is 2. The van der Waals surface area contributed by atoms with Gasteiger partial charge in [-0.15, -0.1) is 0 Å². The first-order valence-electron chi connectivity index (χ1n) is 9.31. The van der Waals surface area contributed by atoms with Gasteiger partial charge in [0.25, 0.3) is 5.91 Å². The van der Waals surface area contributed by atoms with Crippen molar-refractivity contribution in [2.24, 2.45) is 0 Å². The van der Waals surface area contributed by atoms with Crippen LogP contribution in [0.1, 0.15) is 28.8 Å². The van der Waals surface area contributed by atoms with Crippen molar-refractivity contribution in [2.75, 3.05) is 13.1 Å². The van der Waals surface area contributed by atoms with Gasteiger partial charge in [-0.25, -0.2) is 0 Å². The molecule has 1 amide bonds. The summed E-state index contributed by atoms with van der Waals surface area (Å²) in [5.41, 5.74) is 3.88. The molecule has 5 nitrogen and oxygen atoms in total. The Kier molecular flexibility index (Phi) is 4.92. The summed E-state index contributed by atoms with van der Waals surface area (Å²) in [5, 5.41) is 6.89. The highest BCUT2D eigenvalue weighted by molar-refractivity contribution is 5.94. The predicted molar refractivity (Wildman–Crippen MR) is 105 cm³/mol. The van der Waals surface area contributed by atoms with Gasteiger partial charge in [0.15, 0.2) is 0 Å². The fraction of sp³-hybridized carbons (Fsp3) is 0.273. The number of likely N-dealkylation sites (tertiary alicyclic amines) is 1. The van der Waals surface area contributed by atoms with Crippen LogP contribution in [0, 0.1) is 6.92 Å². The average Bonchev–Trinajstić information content (AvgIpc) is 3.23.